The van der Waals surface area contributed by atoms with Crippen LogP contribution < -0.4 is 10.2 Å². The zero-order valence-corrected chi connectivity index (χ0v) is 25.4. The molecule has 1 aliphatic carbocycles. The van der Waals surface area contributed by atoms with Crippen LogP contribution in [-0.2, 0) is 0 Å². The molecule has 41 heavy (non-hydrogen) atoms. The number of hydrogen-bond acceptors (Lipinski definition) is 2. The van der Waals surface area contributed by atoms with Gasteiger partial charge in [-0.05, 0) is 99.8 Å². The van der Waals surface area contributed by atoms with Crippen LogP contribution in [0.2, 0.25) is 0 Å². The number of nitrogens with one attached hydrogen (secondary N) is 1. The third-order valence-corrected chi connectivity index (χ3v) is 8.20. The quantitative estimate of drug-likeness (QED) is 0.216. The second-order valence-electron chi connectivity index (χ2n) is 11.4. The van der Waals surface area contributed by atoms with Gasteiger partial charge in [0.15, 0.2) is 0 Å². The number of para-hydroxylation sites is 1. The van der Waals surface area contributed by atoms with Crippen molar-refractivity contribution in [1.82, 2.24) is 0 Å². The van der Waals surface area contributed by atoms with Crippen LogP contribution in [0.5, 0.6) is 0 Å². The minimum absolute atomic E-state index is 0.225. The van der Waals surface area contributed by atoms with E-state index >= 15 is 0 Å². The molecule has 2 unspecified atom stereocenters. The molecule has 0 spiro atoms. The summed E-state index contributed by atoms with van der Waals surface area (Å²) < 4.78 is 0. The summed E-state index contributed by atoms with van der Waals surface area (Å²) in [7, 11) is 0. The molecule has 212 valence electrons. The van der Waals surface area contributed by atoms with Crippen molar-refractivity contribution in [3.63, 3.8) is 0 Å². The van der Waals surface area contributed by atoms with Gasteiger partial charge < -0.3 is 10.2 Å². The average Bonchev–Trinajstić information content (AvgIpc) is 3.46. The van der Waals surface area contributed by atoms with Gasteiger partial charge in [-0.1, -0.05) is 110 Å². The van der Waals surface area contributed by atoms with Gasteiger partial charge in [0.25, 0.3) is 0 Å². The van der Waals surface area contributed by atoms with E-state index in [2.05, 4.69) is 154 Å². The van der Waals surface area contributed by atoms with Crippen LogP contribution in [0.1, 0.15) is 63.1 Å². The van der Waals surface area contributed by atoms with E-state index in [-0.39, 0.29) is 5.54 Å². The number of aryl methyl sites for hydroxylation is 1. The molecule has 0 heterocycles. The summed E-state index contributed by atoms with van der Waals surface area (Å²) in [5.74, 6) is 0.594. The van der Waals surface area contributed by atoms with Crippen LogP contribution in [0.3, 0.4) is 0 Å². The summed E-state index contributed by atoms with van der Waals surface area (Å²) in [6.07, 6.45) is 15.4. The van der Waals surface area contributed by atoms with Gasteiger partial charge in [-0.3, -0.25) is 0 Å². The maximum absolute atomic E-state index is 4.59. The summed E-state index contributed by atoms with van der Waals surface area (Å²) in [5, 5.41) is 3.81. The van der Waals surface area contributed by atoms with Gasteiger partial charge in [-0.15, -0.1) is 0 Å². The monoisotopic (exact) mass is 542 g/mol. The van der Waals surface area contributed by atoms with Crippen LogP contribution in [-0.4, -0.2) is 12.1 Å². The van der Waals surface area contributed by atoms with Gasteiger partial charge in [-0.25, -0.2) is 0 Å². The van der Waals surface area contributed by atoms with E-state index in [0.717, 1.165) is 42.8 Å². The summed E-state index contributed by atoms with van der Waals surface area (Å²) in [6.45, 7) is 18.2. The molecular weight excluding hydrogens is 496 g/mol. The number of benzene rings is 3. The van der Waals surface area contributed by atoms with E-state index < -0.39 is 0 Å². The van der Waals surface area contributed by atoms with Crippen molar-refractivity contribution in [2.24, 2.45) is 5.92 Å². The number of anilines is 2. The summed E-state index contributed by atoms with van der Waals surface area (Å²) >= 11 is 0. The summed E-state index contributed by atoms with van der Waals surface area (Å²) in [4.78, 5) is 2.40. The normalized spacial score (nSPS) is 16.7. The first kappa shape index (κ1) is 29.9. The molecule has 0 saturated heterocycles. The lowest BCUT2D eigenvalue weighted by atomic mass is 9.88. The van der Waals surface area contributed by atoms with Crippen molar-refractivity contribution in [1.29, 1.82) is 0 Å². The van der Waals surface area contributed by atoms with Crippen molar-refractivity contribution in [3.05, 3.63) is 145 Å². The Morgan fingerprint density at radius 2 is 1.68 bits per heavy atom. The zero-order chi connectivity index (χ0) is 29.2. The third-order valence-electron chi connectivity index (χ3n) is 8.20. The van der Waals surface area contributed by atoms with Gasteiger partial charge in [0.1, 0.15) is 0 Å². The van der Waals surface area contributed by atoms with Crippen molar-refractivity contribution >= 4 is 22.6 Å². The largest absolute Gasteiger partial charge is 0.376 e. The van der Waals surface area contributed by atoms with E-state index in [1.54, 1.807) is 0 Å². The summed E-state index contributed by atoms with van der Waals surface area (Å²) in [6, 6.07) is 28.1. The van der Waals surface area contributed by atoms with Crippen LogP contribution in [0, 0.1) is 12.8 Å². The molecule has 4 rings (SSSR count). The van der Waals surface area contributed by atoms with Crippen LogP contribution in [0.25, 0.3) is 11.3 Å². The van der Waals surface area contributed by atoms with E-state index in [0.29, 0.717) is 5.92 Å². The van der Waals surface area contributed by atoms with Gasteiger partial charge >= 0.3 is 0 Å². The zero-order valence-electron chi connectivity index (χ0n) is 25.4. The van der Waals surface area contributed by atoms with Gasteiger partial charge in [-0.2, -0.15) is 0 Å². The molecule has 1 N–H and O–H groups in total. The highest BCUT2D eigenvalue weighted by molar-refractivity contribution is 5.80. The lowest BCUT2D eigenvalue weighted by Crippen LogP contribution is -2.32. The molecule has 2 nitrogen and oxygen atoms in total. The maximum Gasteiger partial charge on any atom is 0.0568 e. The smallest absolute Gasteiger partial charge is 0.0568 e. The average molecular weight is 543 g/mol. The fourth-order valence-corrected chi connectivity index (χ4v) is 5.94. The number of allylic oxidation sites excluding steroid dienone is 5. The molecule has 3 aromatic carbocycles. The first-order chi connectivity index (χ1) is 19.9. The number of hydrogen-bond donors (Lipinski definition) is 1. The van der Waals surface area contributed by atoms with E-state index in [1.165, 1.54) is 34.4 Å². The topological polar surface area (TPSA) is 15.3 Å². The number of nitrogens with zero attached hydrogens (tertiary/aromatic N) is 1. The first-order valence-electron chi connectivity index (χ1n) is 14.9. The lowest BCUT2D eigenvalue weighted by molar-refractivity contribution is 0.582. The standard InChI is InChI=1S/C39H46N2/c1-7-26-39(6,29-34(9-3)36-16-11-10-12-17-36)40-37-23-21-35(22-24-37)31(5)41(38-18-14-13-15-30(38)4)27-25-33-20-19-32(8-2)28-33/h7-18,21-24,26,28,33,40H,2,5,19-20,25,27,29H2,1,3-4,6H3/b26-7+,34-9+. The number of rotatable bonds is 13. The molecule has 0 bridgehead atoms. The van der Waals surface area contributed by atoms with E-state index in [4.69, 9.17) is 0 Å². The van der Waals surface area contributed by atoms with Crippen molar-refractivity contribution < 1.29 is 0 Å². The Kier molecular flexibility index (Phi) is 10.2. The van der Waals surface area contributed by atoms with Crippen molar-refractivity contribution in [2.75, 3.05) is 16.8 Å². The predicted molar refractivity (Wildman–Crippen MR) is 181 cm³/mol. The fourth-order valence-electron chi connectivity index (χ4n) is 5.94. The van der Waals surface area contributed by atoms with Crippen molar-refractivity contribution in [2.45, 2.75) is 58.9 Å². The maximum atomic E-state index is 4.59. The Hall–Kier alpha value is -4.04. The predicted octanol–water partition coefficient (Wildman–Crippen LogP) is 10.6. The van der Waals surface area contributed by atoms with Crippen molar-refractivity contribution in [3.8, 4) is 0 Å². The molecule has 2 atom stereocenters. The molecule has 0 saturated carbocycles. The van der Waals surface area contributed by atoms with Crippen LogP contribution >= 0.6 is 0 Å². The first-order valence-corrected chi connectivity index (χ1v) is 14.9. The Labute approximate surface area is 248 Å². The highest BCUT2D eigenvalue weighted by Gasteiger charge is 2.23. The molecule has 0 radical (unpaired) electrons. The highest BCUT2D eigenvalue weighted by atomic mass is 15.1. The molecule has 0 amide bonds. The molecular formula is C39H46N2. The lowest BCUT2D eigenvalue weighted by Gasteiger charge is -2.31. The van der Waals surface area contributed by atoms with Crippen LogP contribution in [0.15, 0.2) is 128 Å². The Balaban J connectivity index is 1.52. The van der Waals surface area contributed by atoms with E-state index in [1.807, 2.05) is 6.08 Å². The molecule has 2 heteroatoms. The Morgan fingerprint density at radius 3 is 2.32 bits per heavy atom. The minimum atomic E-state index is -0.225. The molecule has 0 aliphatic heterocycles. The molecule has 0 aromatic heterocycles. The summed E-state index contributed by atoms with van der Waals surface area (Å²) in [5.41, 5.74) is 9.52. The fraction of sp³-hybridized carbons (Fsp3) is 0.282. The second kappa shape index (κ2) is 14.0. The third kappa shape index (κ3) is 7.79. The van der Waals surface area contributed by atoms with Gasteiger partial charge in [0.2, 0.25) is 0 Å². The van der Waals surface area contributed by atoms with Gasteiger partial charge in [0, 0.05) is 23.6 Å². The highest BCUT2D eigenvalue weighted by Crippen LogP contribution is 2.34. The Bertz CT molecular complexity index is 1410. The molecule has 0 fully saturated rings. The van der Waals surface area contributed by atoms with E-state index in [9.17, 15) is 0 Å². The minimum Gasteiger partial charge on any atom is -0.376 e. The Morgan fingerprint density at radius 1 is 0.976 bits per heavy atom. The van der Waals surface area contributed by atoms with Crippen LogP contribution in [0.4, 0.5) is 11.4 Å². The molecule has 3 aromatic rings. The SMILES string of the molecule is C=CC1=CC(CCN(C(=C)c2ccc(NC(C)(/C=C/C)C/C(=C\C)c3ccccc3)cc2)c2ccccc2C)CC1. The molecule has 1 aliphatic rings. The second-order valence-corrected chi connectivity index (χ2v) is 11.4. The van der Waals surface area contributed by atoms with Gasteiger partial charge in [0.05, 0.1) is 5.54 Å².